The molecule has 0 saturated heterocycles. The van der Waals surface area contributed by atoms with Gasteiger partial charge in [-0.05, 0) is 30.2 Å². The summed E-state index contributed by atoms with van der Waals surface area (Å²) in [5.41, 5.74) is 1.96. The Labute approximate surface area is 140 Å². The van der Waals surface area contributed by atoms with Crippen LogP contribution >= 0.6 is 0 Å². The Morgan fingerprint density at radius 2 is 1.92 bits per heavy atom. The number of hydrogen-bond acceptors (Lipinski definition) is 3. The van der Waals surface area contributed by atoms with E-state index in [1.54, 1.807) is 20.9 Å². The van der Waals surface area contributed by atoms with Crippen LogP contribution in [0.15, 0.2) is 53.7 Å². The molecule has 0 unspecified atom stereocenters. The van der Waals surface area contributed by atoms with Crippen LogP contribution in [0, 0.1) is 0 Å². The maximum Gasteiger partial charge on any atom is 0.338 e. The van der Waals surface area contributed by atoms with Crippen molar-refractivity contribution in [3.8, 4) is 0 Å². The van der Waals surface area contributed by atoms with Gasteiger partial charge in [-0.1, -0.05) is 42.5 Å². The van der Waals surface area contributed by atoms with Crippen molar-refractivity contribution in [1.29, 1.82) is 0 Å². The van der Waals surface area contributed by atoms with E-state index < -0.39 is 12.0 Å². The van der Waals surface area contributed by atoms with Crippen molar-refractivity contribution in [3.63, 3.8) is 0 Å². The molecule has 0 radical (unpaired) electrons. The molecule has 124 valence electrons. The minimum atomic E-state index is -0.529. The molecule has 1 aliphatic rings. The van der Waals surface area contributed by atoms with Crippen LogP contribution in [-0.2, 0) is 9.53 Å². The number of carbonyl (C=O) groups excluding carboxylic acids is 2. The minimum absolute atomic E-state index is 0.238. The van der Waals surface area contributed by atoms with Crippen LogP contribution in [0.5, 0.6) is 0 Å². The van der Waals surface area contributed by atoms with E-state index in [1.807, 2.05) is 42.5 Å². The summed E-state index contributed by atoms with van der Waals surface area (Å²) in [6, 6.07) is 13.0. The monoisotopic (exact) mass is 324 g/mol. The number of fused-ring (bicyclic) bond motifs is 1. The highest BCUT2D eigenvalue weighted by atomic mass is 16.5. The summed E-state index contributed by atoms with van der Waals surface area (Å²) < 4.78 is 5.22. The number of urea groups is 1. The molecule has 24 heavy (non-hydrogen) atoms. The molecule has 2 amide bonds. The Balaban J connectivity index is 2.19. The zero-order valence-electron chi connectivity index (χ0n) is 14.0. The fourth-order valence-electron chi connectivity index (χ4n) is 3.04. The second kappa shape index (κ2) is 6.35. The Kier molecular flexibility index (Phi) is 4.25. The number of nitrogens with zero attached hydrogens (tertiary/aromatic N) is 1. The van der Waals surface area contributed by atoms with E-state index in [0.29, 0.717) is 11.3 Å². The smallest absolute Gasteiger partial charge is 0.338 e. The van der Waals surface area contributed by atoms with Gasteiger partial charge in [-0.15, -0.1) is 0 Å². The number of benzene rings is 2. The van der Waals surface area contributed by atoms with Gasteiger partial charge in [-0.3, -0.25) is 0 Å². The van der Waals surface area contributed by atoms with Crippen molar-refractivity contribution in [2.24, 2.45) is 0 Å². The molecule has 2 aromatic rings. The summed E-state index contributed by atoms with van der Waals surface area (Å²) in [6.45, 7) is 3.82. The van der Waals surface area contributed by atoms with Gasteiger partial charge in [0.2, 0.25) is 0 Å². The lowest BCUT2D eigenvalue weighted by molar-refractivity contribution is -0.139. The molecule has 3 rings (SSSR count). The van der Waals surface area contributed by atoms with Crippen molar-refractivity contribution in [3.05, 3.63) is 59.3 Å². The van der Waals surface area contributed by atoms with Crippen LogP contribution in [-0.4, -0.2) is 30.6 Å². The number of rotatable bonds is 3. The quantitative estimate of drug-likeness (QED) is 0.881. The van der Waals surface area contributed by atoms with Crippen LogP contribution in [0.3, 0.4) is 0 Å². The van der Waals surface area contributed by atoms with Crippen LogP contribution in [0.25, 0.3) is 10.8 Å². The highest BCUT2D eigenvalue weighted by molar-refractivity contribution is 5.97. The van der Waals surface area contributed by atoms with Gasteiger partial charge in [0.25, 0.3) is 0 Å². The van der Waals surface area contributed by atoms with Crippen molar-refractivity contribution < 1.29 is 14.3 Å². The molecule has 0 aliphatic carbocycles. The van der Waals surface area contributed by atoms with Crippen molar-refractivity contribution in [2.75, 3.05) is 13.7 Å². The number of nitrogens with one attached hydrogen (secondary N) is 1. The summed E-state index contributed by atoms with van der Waals surface area (Å²) in [5.74, 6) is -0.403. The first kappa shape index (κ1) is 16.1. The van der Waals surface area contributed by atoms with E-state index in [2.05, 4.69) is 5.32 Å². The molecule has 1 atom stereocenters. The second-order valence-electron chi connectivity index (χ2n) is 5.73. The maximum absolute atomic E-state index is 12.5. The lowest BCUT2D eigenvalue weighted by Crippen LogP contribution is -2.46. The van der Waals surface area contributed by atoms with Crippen LogP contribution in [0.4, 0.5) is 4.79 Å². The van der Waals surface area contributed by atoms with Gasteiger partial charge in [-0.25, -0.2) is 9.59 Å². The number of esters is 1. The normalized spacial score (nSPS) is 17.9. The Morgan fingerprint density at radius 1 is 1.21 bits per heavy atom. The highest BCUT2D eigenvalue weighted by Gasteiger charge is 2.35. The summed E-state index contributed by atoms with van der Waals surface area (Å²) in [7, 11) is 1.64. The lowest BCUT2D eigenvalue weighted by atomic mass is 9.91. The molecular formula is C19H20N2O3. The number of ether oxygens (including phenoxy) is 1. The molecule has 1 N–H and O–H groups in total. The first-order valence-corrected chi connectivity index (χ1v) is 7.94. The van der Waals surface area contributed by atoms with Crippen molar-refractivity contribution >= 4 is 22.8 Å². The molecule has 0 spiro atoms. The second-order valence-corrected chi connectivity index (χ2v) is 5.73. The van der Waals surface area contributed by atoms with E-state index in [1.165, 1.54) is 4.90 Å². The summed E-state index contributed by atoms with van der Waals surface area (Å²) >= 11 is 0. The van der Waals surface area contributed by atoms with Gasteiger partial charge in [-0.2, -0.15) is 0 Å². The van der Waals surface area contributed by atoms with Gasteiger partial charge in [0.05, 0.1) is 18.2 Å². The third kappa shape index (κ3) is 2.62. The predicted molar refractivity (Wildman–Crippen MR) is 92.3 cm³/mol. The largest absolute Gasteiger partial charge is 0.463 e. The van der Waals surface area contributed by atoms with Crippen molar-refractivity contribution in [2.45, 2.75) is 19.9 Å². The Hall–Kier alpha value is -2.82. The maximum atomic E-state index is 12.5. The van der Waals surface area contributed by atoms with Gasteiger partial charge in [0.1, 0.15) is 0 Å². The third-order valence-corrected chi connectivity index (χ3v) is 4.38. The zero-order chi connectivity index (χ0) is 17.3. The number of carbonyl (C=O) groups is 2. The van der Waals surface area contributed by atoms with Gasteiger partial charge >= 0.3 is 12.0 Å². The van der Waals surface area contributed by atoms with Crippen LogP contribution in [0.2, 0.25) is 0 Å². The minimum Gasteiger partial charge on any atom is -0.463 e. The van der Waals surface area contributed by atoms with Crippen LogP contribution in [0.1, 0.15) is 25.5 Å². The SMILES string of the molecule is CCOC(=O)C1=C(C)N(C)C(=O)N[C@H]1c1cccc2ccccc12. The molecule has 1 heterocycles. The average Bonchev–Trinajstić information content (AvgIpc) is 2.59. The molecule has 5 nitrogen and oxygen atoms in total. The van der Waals surface area contributed by atoms with E-state index in [9.17, 15) is 9.59 Å². The number of hydrogen-bond donors (Lipinski definition) is 1. The molecule has 0 bridgehead atoms. The Bertz CT molecular complexity index is 836. The highest BCUT2D eigenvalue weighted by Crippen LogP contribution is 2.34. The molecule has 2 aromatic carbocycles. The molecule has 0 saturated carbocycles. The van der Waals surface area contributed by atoms with E-state index in [4.69, 9.17) is 4.74 Å². The summed E-state index contributed by atoms with van der Waals surface area (Å²) in [5, 5.41) is 4.99. The predicted octanol–water partition coefficient (Wildman–Crippen LogP) is 3.37. The lowest BCUT2D eigenvalue weighted by Gasteiger charge is -2.33. The number of amides is 2. The third-order valence-electron chi connectivity index (χ3n) is 4.38. The molecule has 1 aliphatic heterocycles. The molecular weight excluding hydrogens is 304 g/mol. The average molecular weight is 324 g/mol. The Morgan fingerprint density at radius 3 is 2.67 bits per heavy atom. The topological polar surface area (TPSA) is 58.6 Å². The van der Waals surface area contributed by atoms with E-state index in [-0.39, 0.29) is 12.6 Å². The first-order chi connectivity index (χ1) is 11.5. The van der Waals surface area contributed by atoms with Crippen LogP contribution < -0.4 is 5.32 Å². The van der Waals surface area contributed by atoms with Gasteiger partial charge < -0.3 is 15.0 Å². The fraction of sp³-hybridized carbons (Fsp3) is 0.263. The summed E-state index contributed by atoms with van der Waals surface area (Å²) in [4.78, 5) is 26.2. The standard InChI is InChI=1S/C19H20N2O3/c1-4-24-18(22)16-12(2)21(3)19(23)20-17(16)15-11-7-9-13-8-5-6-10-14(13)15/h5-11,17H,4H2,1-3H3,(H,20,23)/t17-/m0/s1. The molecule has 0 fully saturated rings. The summed E-state index contributed by atoms with van der Waals surface area (Å²) in [6.07, 6.45) is 0. The first-order valence-electron chi connectivity index (χ1n) is 7.94. The fourth-order valence-corrected chi connectivity index (χ4v) is 3.04. The zero-order valence-corrected chi connectivity index (χ0v) is 14.0. The van der Waals surface area contributed by atoms with E-state index >= 15 is 0 Å². The molecule has 5 heteroatoms. The van der Waals surface area contributed by atoms with E-state index in [0.717, 1.165) is 16.3 Å². The number of allylic oxidation sites excluding steroid dienone is 1. The molecule has 0 aromatic heterocycles. The van der Waals surface area contributed by atoms with Gasteiger partial charge in [0.15, 0.2) is 0 Å². The van der Waals surface area contributed by atoms with Crippen molar-refractivity contribution in [1.82, 2.24) is 10.2 Å². The van der Waals surface area contributed by atoms with Gasteiger partial charge in [0, 0.05) is 12.7 Å².